The van der Waals surface area contributed by atoms with Gasteiger partial charge in [0.2, 0.25) is 0 Å². The molecule has 0 aromatic heterocycles. The van der Waals surface area contributed by atoms with Crippen molar-refractivity contribution in [1.29, 1.82) is 0 Å². The van der Waals surface area contributed by atoms with Gasteiger partial charge < -0.3 is 0 Å². The fourth-order valence-corrected chi connectivity index (χ4v) is 5.02. The van der Waals surface area contributed by atoms with Crippen LogP contribution in [0, 0.1) is 23.7 Å². The summed E-state index contributed by atoms with van der Waals surface area (Å²) in [7, 11) is 0. The molecule has 0 aromatic rings. The van der Waals surface area contributed by atoms with Crippen molar-refractivity contribution in [3.05, 3.63) is 0 Å². The normalized spacial score (nSPS) is 25.3. The van der Waals surface area contributed by atoms with Crippen molar-refractivity contribution in [1.82, 2.24) is 0 Å². The Hall–Kier alpha value is 0.250. The van der Waals surface area contributed by atoms with E-state index in [1.54, 1.807) is 0 Å². The largest absolute Gasteiger partial charge is 0.299 e. The van der Waals surface area contributed by atoms with Crippen LogP contribution in [0.3, 0.4) is 0 Å². The number of carbonyl (C=O) groups excluding carboxylic acids is 1. The minimum absolute atomic E-state index is 0.0580. The summed E-state index contributed by atoms with van der Waals surface area (Å²) in [5.74, 6) is 2.51. The minimum Gasteiger partial charge on any atom is -0.299 e. The zero-order valence-corrected chi connectivity index (χ0v) is 14.0. The molecule has 3 heteroatoms. The lowest BCUT2D eigenvalue weighted by Crippen LogP contribution is -2.37. The molecule has 2 fully saturated rings. The van der Waals surface area contributed by atoms with E-state index in [0.717, 1.165) is 0 Å². The smallest absolute Gasteiger partial charge is 0.141 e. The van der Waals surface area contributed by atoms with Crippen LogP contribution in [0.1, 0.15) is 64.2 Å². The van der Waals surface area contributed by atoms with Crippen molar-refractivity contribution in [2.24, 2.45) is 23.7 Å². The first-order valence-corrected chi connectivity index (χ1v) is 9.50. The van der Waals surface area contributed by atoms with Gasteiger partial charge in [-0.3, -0.25) is 4.79 Å². The second-order valence-corrected chi connectivity index (χ2v) is 7.34. The number of carbonyl (C=O) groups is 1. The summed E-state index contributed by atoms with van der Waals surface area (Å²) in [5, 5.41) is 0. The molecule has 2 saturated carbocycles. The van der Waals surface area contributed by atoms with Gasteiger partial charge in [-0.15, -0.1) is 23.2 Å². The van der Waals surface area contributed by atoms with Gasteiger partial charge in [0.25, 0.3) is 0 Å². The third-order valence-electron chi connectivity index (χ3n) is 5.50. The maximum Gasteiger partial charge on any atom is 0.141 e. The number of hydrogen-bond acceptors (Lipinski definition) is 1. The Morgan fingerprint density at radius 3 is 1.40 bits per heavy atom. The van der Waals surface area contributed by atoms with Gasteiger partial charge in [0.05, 0.1) is 0 Å². The van der Waals surface area contributed by atoms with E-state index in [2.05, 4.69) is 0 Å². The molecule has 2 aliphatic carbocycles. The number of ketones is 1. The minimum atomic E-state index is 0.0580. The topological polar surface area (TPSA) is 17.1 Å². The molecule has 116 valence electrons. The zero-order chi connectivity index (χ0) is 14.4. The SMILES string of the molecule is O=C(C(CCl)C1CCCCC1)C(CCl)C1CCCCC1. The summed E-state index contributed by atoms with van der Waals surface area (Å²) in [6, 6.07) is 0. The Bertz CT molecular complexity index is 265. The van der Waals surface area contributed by atoms with E-state index in [1.165, 1.54) is 64.2 Å². The summed E-state index contributed by atoms with van der Waals surface area (Å²) in [5.41, 5.74) is 0. The van der Waals surface area contributed by atoms with Crippen LogP contribution in [0.25, 0.3) is 0 Å². The van der Waals surface area contributed by atoms with Gasteiger partial charge in [-0.25, -0.2) is 0 Å². The van der Waals surface area contributed by atoms with Crippen LogP contribution in [0.5, 0.6) is 0 Å². The predicted molar refractivity (Wildman–Crippen MR) is 86.6 cm³/mol. The standard InChI is InChI=1S/C17H28Cl2O/c18-11-15(13-7-3-1-4-8-13)17(20)16(12-19)14-9-5-2-6-10-14/h13-16H,1-12H2. The Labute approximate surface area is 133 Å². The van der Waals surface area contributed by atoms with E-state index in [-0.39, 0.29) is 11.8 Å². The molecule has 2 rings (SSSR count). The molecule has 1 nitrogen and oxygen atoms in total. The van der Waals surface area contributed by atoms with Gasteiger partial charge in [-0.1, -0.05) is 38.5 Å². The van der Waals surface area contributed by atoms with Crippen LogP contribution in [-0.2, 0) is 4.79 Å². The first-order chi connectivity index (χ1) is 9.77. The first-order valence-electron chi connectivity index (χ1n) is 8.43. The highest BCUT2D eigenvalue weighted by molar-refractivity contribution is 6.21. The third kappa shape index (κ3) is 4.13. The Morgan fingerprint density at radius 2 is 1.10 bits per heavy atom. The van der Waals surface area contributed by atoms with E-state index >= 15 is 0 Å². The van der Waals surface area contributed by atoms with Crippen LogP contribution in [0.2, 0.25) is 0 Å². The Kier molecular flexibility index (Phi) is 7.17. The van der Waals surface area contributed by atoms with Crippen LogP contribution < -0.4 is 0 Å². The maximum atomic E-state index is 12.9. The molecule has 0 amide bonds. The summed E-state index contributed by atoms with van der Waals surface area (Å²) in [4.78, 5) is 12.9. The second-order valence-electron chi connectivity index (χ2n) is 6.72. The summed E-state index contributed by atoms with van der Waals surface area (Å²) in [6.45, 7) is 0. The van der Waals surface area contributed by atoms with Crippen molar-refractivity contribution >= 4 is 29.0 Å². The predicted octanol–water partition coefficient (Wildman–Crippen LogP) is 5.43. The van der Waals surface area contributed by atoms with Crippen molar-refractivity contribution in [2.75, 3.05) is 11.8 Å². The van der Waals surface area contributed by atoms with Gasteiger partial charge in [0.1, 0.15) is 5.78 Å². The van der Waals surface area contributed by atoms with Crippen molar-refractivity contribution in [3.63, 3.8) is 0 Å². The van der Waals surface area contributed by atoms with Crippen molar-refractivity contribution in [2.45, 2.75) is 64.2 Å². The number of hydrogen-bond donors (Lipinski definition) is 0. The van der Waals surface area contributed by atoms with Gasteiger partial charge in [-0.2, -0.15) is 0 Å². The molecule has 0 aromatic carbocycles. The molecule has 0 aliphatic heterocycles. The fourth-order valence-electron chi connectivity index (χ4n) is 4.22. The van der Waals surface area contributed by atoms with Crippen LogP contribution in [0.15, 0.2) is 0 Å². The maximum absolute atomic E-state index is 12.9. The molecule has 0 spiro atoms. The quantitative estimate of drug-likeness (QED) is 0.597. The summed E-state index contributed by atoms with van der Waals surface area (Å²) in [6.07, 6.45) is 12.4. The average molecular weight is 319 g/mol. The highest BCUT2D eigenvalue weighted by Gasteiger charge is 2.36. The van der Waals surface area contributed by atoms with Gasteiger partial charge >= 0.3 is 0 Å². The highest BCUT2D eigenvalue weighted by atomic mass is 35.5. The summed E-state index contributed by atoms with van der Waals surface area (Å²) < 4.78 is 0. The third-order valence-corrected chi connectivity index (χ3v) is 6.17. The molecular formula is C17H28Cl2O. The lowest BCUT2D eigenvalue weighted by Gasteiger charge is -2.34. The average Bonchev–Trinajstić information content (AvgIpc) is 2.51. The molecule has 2 aliphatic rings. The molecule has 2 atom stereocenters. The molecule has 0 N–H and O–H groups in total. The number of alkyl halides is 2. The van der Waals surface area contributed by atoms with Crippen LogP contribution in [0.4, 0.5) is 0 Å². The van der Waals surface area contributed by atoms with Crippen LogP contribution in [-0.4, -0.2) is 17.5 Å². The van der Waals surface area contributed by atoms with E-state index < -0.39 is 0 Å². The van der Waals surface area contributed by atoms with E-state index in [1.807, 2.05) is 0 Å². The van der Waals surface area contributed by atoms with Crippen LogP contribution >= 0.6 is 23.2 Å². The van der Waals surface area contributed by atoms with E-state index in [0.29, 0.717) is 29.4 Å². The van der Waals surface area contributed by atoms with Crippen molar-refractivity contribution < 1.29 is 4.79 Å². The zero-order valence-electron chi connectivity index (χ0n) is 12.5. The van der Waals surface area contributed by atoms with Gasteiger partial charge in [0, 0.05) is 23.6 Å². The molecule has 0 bridgehead atoms. The lowest BCUT2D eigenvalue weighted by molar-refractivity contribution is -0.129. The number of rotatable bonds is 6. The van der Waals surface area contributed by atoms with Gasteiger partial charge in [-0.05, 0) is 37.5 Å². The molecule has 0 radical (unpaired) electrons. The molecule has 0 saturated heterocycles. The lowest BCUT2D eigenvalue weighted by atomic mass is 9.71. The molecule has 0 heterocycles. The van der Waals surface area contributed by atoms with Crippen molar-refractivity contribution in [3.8, 4) is 0 Å². The molecular weight excluding hydrogens is 291 g/mol. The van der Waals surface area contributed by atoms with E-state index in [9.17, 15) is 4.79 Å². The fraction of sp³-hybridized carbons (Fsp3) is 0.941. The molecule has 2 unspecified atom stereocenters. The Balaban J connectivity index is 2.00. The summed E-state index contributed by atoms with van der Waals surface area (Å²) >= 11 is 12.3. The van der Waals surface area contributed by atoms with E-state index in [4.69, 9.17) is 23.2 Å². The first kappa shape index (κ1) is 16.6. The Morgan fingerprint density at radius 1 is 0.750 bits per heavy atom. The number of Topliss-reactive ketones (excluding diaryl/α,β-unsaturated/α-hetero) is 1. The molecule has 20 heavy (non-hydrogen) atoms. The number of halogens is 2. The second kappa shape index (κ2) is 8.63. The monoisotopic (exact) mass is 318 g/mol. The van der Waals surface area contributed by atoms with Gasteiger partial charge in [0.15, 0.2) is 0 Å². The highest BCUT2D eigenvalue weighted by Crippen LogP contribution is 2.37.